The summed E-state index contributed by atoms with van der Waals surface area (Å²) in [5.74, 6) is 0.369. The lowest BCUT2D eigenvalue weighted by atomic mass is 10.0. The quantitative estimate of drug-likeness (QED) is 0.878. The zero-order valence-corrected chi connectivity index (χ0v) is 9.93. The predicted octanol–water partition coefficient (Wildman–Crippen LogP) is 2.59. The summed E-state index contributed by atoms with van der Waals surface area (Å²) < 4.78 is 0. The van der Waals surface area contributed by atoms with Crippen molar-refractivity contribution in [1.29, 1.82) is 0 Å². The molecule has 88 valence electrons. The van der Waals surface area contributed by atoms with E-state index in [1.807, 2.05) is 12.1 Å². The minimum atomic E-state index is -0.648. The Hall–Kier alpha value is -1.58. The van der Waals surface area contributed by atoms with Crippen molar-refractivity contribution in [1.82, 2.24) is 4.98 Å². The van der Waals surface area contributed by atoms with Crippen molar-refractivity contribution in [2.75, 3.05) is 5.73 Å². The van der Waals surface area contributed by atoms with Crippen molar-refractivity contribution < 1.29 is 5.11 Å². The summed E-state index contributed by atoms with van der Waals surface area (Å²) in [7, 11) is 0. The van der Waals surface area contributed by atoms with E-state index in [-0.39, 0.29) is 0 Å². The van der Waals surface area contributed by atoms with Crippen LogP contribution in [0, 0.1) is 0 Å². The molecule has 2 aromatic rings. The number of nitrogens with zero attached hydrogens (tertiary/aromatic N) is 1. The van der Waals surface area contributed by atoms with Crippen molar-refractivity contribution in [2.45, 2.75) is 12.5 Å². The van der Waals surface area contributed by atoms with Gasteiger partial charge in [-0.1, -0.05) is 29.8 Å². The minimum Gasteiger partial charge on any atom is -0.388 e. The van der Waals surface area contributed by atoms with Gasteiger partial charge < -0.3 is 10.8 Å². The van der Waals surface area contributed by atoms with Gasteiger partial charge in [-0.05, 0) is 23.8 Å². The molecular formula is C13H13ClN2O. The second-order valence-corrected chi connectivity index (χ2v) is 4.26. The van der Waals surface area contributed by atoms with E-state index >= 15 is 0 Å². The Balaban J connectivity index is 2.14. The van der Waals surface area contributed by atoms with Crippen LogP contribution in [-0.4, -0.2) is 10.1 Å². The molecule has 2 rings (SSSR count). The number of hydrogen-bond acceptors (Lipinski definition) is 3. The maximum atomic E-state index is 10.1. The first-order valence-electron chi connectivity index (χ1n) is 5.29. The third kappa shape index (κ3) is 2.96. The normalized spacial score (nSPS) is 12.4. The lowest BCUT2D eigenvalue weighted by Gasteiger charge is -2.12. The molecule has 3 nitrogen and oxygen atoms in total. The molecule has 1 unspecified atom stereocenters. The van der Waals surface area contributed by atoms with Crippen LogP contribution in [0.3, 0.4) is 0 Å². The molecular weight excluding hydrogens is 236 g/mol. The van der Waals surface area contributed by atoms with E-state index in [9.17, 15) is 5.11 Å². The van der Waals surface area contributed by atoms with Crippen LogP contribution in [-0.2, 0) is 6.42 Å². The number of rotatable bonds is 3. The average molecular weight is 249 g/mol. The third-order valence-electron chi connectivity index (χ3n) is 2.57. The molecule has 0 amide bonds. The van der Waals surface area contributed by atoms with Gasteiger partial charge in [-0.15, -0.1) is 0 Å². The number of pyridine rings is 1. The Bertz CT molecular complexity index is 499. The van der Waals surface area contributed by atoms with Gasteiger partial charge in [0.05, 0.1) is 6.10 Å². The van der Waals surface area contributed by atoms with Crippen LogP contribution in [0.4, 0.5) is 5.82 Å². The Morgan fingerprint density at radius 1 is 1.24 bits per heavy atom. The number of benzene rings is 1. The van der Waals surface area contributed by atoms with Gasteiger partial charge >= 0.3 is 0 Å². The summed E-state index contributed by atoms with van der Waals surface area (Å²) in [6.07, 6.45) is 1.45. The Labute approximate surface area is 105 Å². The third-order valence-corrected chi connectivity index (χ3v) is 2.82. The summed E-state index contributed by atoms with van der Waals surface area (Å²) >= 11 is 5.80. The molecule has 0 fully saturated rings. The van der Waals surface area contributed by atoms with E-state index in [2.05, 4.69) is 4.98 Å². The first kappa shape index (κ1) is 11.9. The Morgan fingerprint density at radius 2 is 1.94 bits per heavy atom. The van der Waals surface area contributed by atoms with Gasteiger partial charge in [-0.25, -0.2) is 4.98 Å². The standard InChI is InChI=1S/C13H13ClN2O/c14-10-5-3-9(4-6-10)8-12(17)11-2-1-7-16-13(11)15/h1-7,12,17H,8H2,(H2,15,16). The molecule has 0 saturated heterocycles. The topological polar surface area (TPSA) is 59.1 Å². The number of nitrogens with two attached hydrogens (primary N) is 1. The molecule has 0 aliphatic carbocycles. The first-order valence-corrected chi connectivity index (χ1v) is 5.67. The lowest BCUT2D eigenvalue weighted by Crippen LogP contribution is -2.06. The number of aliphatic hydroxyl groups excluding tert-OH is 1. The number of hydrogen-bond donors (Lipinski definition) is 2. The molecule has 1 aromatic carbocycles. The van der Waals surface area contributed by atoms with Gasteiger partial charge in [-0.3, -0.25) is 0 Å². The maximum absolute atomic E-state index is 10.1. The Morgan fingerprint density at radius 3 is 2.59 bits per heavy atom. The smallest absolute Gasteiger partial charge is 0.129 e. The fourth-order valence-corrected chi connectivity index (χ4v) is 1.79. The van der Waals surface area contributed by atoms with Crippen LogP contribution in [0.5, 0.6) is 0 Å². The second-order valence-electron chi connectivity index (χ2n) is 3.82. The number of anilines is 1. The highest BCUT2D eigenvalue weighted by molar-refractivity contribution is 6.30. The van der Waals surface area contributed by atoms with Crippen LogP contribution < -0.4 is 5.73 Å². The van der Waals surface area contributed by atoms with Crippen molar-refractivity contribution in [3.8, 4) is 0 Å². The number of nitrogen functional groups attached to an aromatic ring is 1. The molecule has 1 atom stereocenters. The van der Waals surface area contributed by atoms with Gasteiger partial charge in [0.15, 0.2) is 0 Å². The lowest BCUT2D eigenvalue weighted by molar-refractivity contribution is 0.179. The molecule has 0 aliphatic heterocycles. The summed E-state index contributed by atoms with van der Waals surface area (Å²) in [4.78, 5) is 3.95. The first-order chi connectivity index (χ1) is 8.16. The fourth-order valence-electron chi connectivity index (χ4n) is 1.67. The van der Waals surface area contributed by atoms with Crippen LogP contribution in [0.2, 0.25) is 5.02 Å². The molecule has 0 saturated carbocycles. The van der Waals surface area contributed by atoms with Gasteiger partial charge in [0.2, 0.25) is 0 Å². The molecule has 0 spiro atoms. The molecule has 0 aliphatic rings. The van der Waals surface area contributed by atoms with Crippen molar-refractivity contribution in [3.63, 3.8) is 0 Å². The number of aliphatic hydroxyl groups is 1. The SMILES string of the molecule is Nc1ncccc1C(O)Cc1ccc(Cl)cc1. The number of aromatic nitrogens is 1. The summed E-state index contributed by atoms with van der Waals surface area (Å²) in [5.41, 5.74) is 7.37. The van der Waals surface area contributed by atoms with E-state index in [1.165, 1.54) is 0 Å². The fraction of sp³-hybridized carbons (Fsp3) is 0.154. The zero-order valence-electron chi connectivity index (χ0n) is 9.18. The van der Waals surface area contributed by atoms with Crippen molar-refractivity contribution in [3.05, 3.63) is 58.7 Å². The van der Waals surface area contributed by atoms with E-state index in [4.69, 9.17) is 17.3 Å². The monoisotopic (exact) mass is 248 g/mol. The van der Waals surface area contributed by atoms with Gasteiger partial charge in [-0.2, -0.15) is 0 Å². The second kappa shape index (κ2) is 5.17. The van der Waals surface area contributed by atoms with Crippen LogP contribution in [0.1, 0.15) is 17.2 Å². The molecule has 1 aromatic heterocycles. The van der Waals surface area contributed by atoms with E-state index in [0.717, 1.165) is 5.56 Å². The minimum absolute atomic E-state index is 0.369. The van der Waals surface area contributed by atoms with E-state index in [0.29, 0.717) is 22.8 Å². The van der Waals surface area contributed by atoms with Gasteiger partial charge in [0.1, 0.15) is 5.82 Å². The molecule has 4 heteroatoms. The summed E-state index contributed by atoms with van der Waals surface area (Å²) in [6.45, 7) is 0. The number of halogens is 1. The van der Waals surface area contributed by atoms with Gasteiger partial charge in [0.25, 0.3) is 0 Å². The van der Waals surface area contributed by atoms with Gasteiger partial charge in [0, 0.05) is 23.2 Å². The van der Waals surface area contributed by atoms with Crippen LogP contribution in [0.25, 0.3) is 0 Å². The molecule has 1 heterocycles. The van der Waals surface area contributed by atoms with Crippen molar-refractivity contribution >= 4 is 17.4 Å². The summed E-state index contributed by atoms with van der Waals surface area (Å²) in [6, 6.07) is 10.9. The largest absolute Gasteiger partial charge is 0.388 e. The van der Waals surface area contributed by atoms with Crippen LogP contribution in [0.15, 0.2) is 42.6 Å². The highest BCUT2D eigenvalue weighted by atomic mass is 35.5. The molecule has 0 radical (unpaired) electrons. The average Bonchev–Trinajstić information content (AvgIpc) is 2.32. The maximum Gasteiger partial charge on any atom is 0.129 e. The zero-order chi connectivity index (χ0) is 12.3. The molecule has 17 heavy (non-hydrogen) atoms. The highest BCUT2D eigenvalue weighted by Crippen LogP contribution is 2.22. The predicted molar refractivity (Wildman–Crippen MR) is 68.8 cm³/mol. The van der Waals surface area contributed by atoms with E-state index in [1.54, 1.807) is 30.5 Å². The van der Waals surface area contributed by atoms with Crippen LogP contribution >= 0.6 is 11.6 Å². The molecule has 0 bridgehead atoms. The van der Waals surface area contributed by atoms with Crippen molar-refractivity contribution in [2.24, 2.45) is 0 Å². The highest BCUT2D eigenvalue weighted by Gasteiger charge is 2.11. The molecule has 3 N–H and O–H groups in total. The van der Waals surface area contributed by atoms with E-state index < -0.39 is 6.10 Å². The Kier molecular flexibility index (Phi) is 3.61. The summed E-state index contributed by atoms with van der Waals surface area (Å²) in [5, 5.41) is 10.8.